The van der Waals surface area contributed by atoms with Crippen LogP contribution in [0.1, 0.15) is 28.0 Å². The number of nitrogens with one attached hydrogen (secondary N) is 2. The van der Waals surface area contributed by atoms with Gasteiger partial charge in [-0.05, 0) is 46.8 Å². The molecule has 4 aromatic heterocycles. The number of H-pyrrole nitrogens is 1. The predicted octanol–water partition coefficient (Wildman–Crippen LogP) is 5.52. The molecule has 0 amide bonds. The molecule has 1 aromatic carbocycles. The minimum absolute atomic E-state index is 0.679. The van der Waals surface area contributed by atoms with Crippen molar-refractivity contribution in [2.45, 2.75) is 34.6 Å². The van der Waals surface area contributed by atoms with E-state index in [9.17, 15) is 0 Å². The maximum atomic E-state index is 5.76. The van der Waals surface area contributed by atoms with Gasteiger partial charge in [0.1, 0.15) is 33.8 Å². The summed E-state index contributed by atoms with van der Waals surface area (Å²) in [7, 11) is 1.67. The lowest BCUT2D eigenvalue weighted by Gasteiger charge is -2.10. The normalized spacial score (nSPS) is 11.5. The number of fused-ring (bicyclic) bond motifs is 3. The maximum absolute atomic E-state index is 5.76. The maximum Gasteiger partial charge on any atom is 0.144 e. The van der Waals surface area contributed by atoms with Gasteiger partial charge in [0, 0.05) is 16.5 Å². The number of aryl methyl sites for hydroxylation is 5. The van der Waals surface area contributed by atoms with Gasteiger partial charge in [-0.15, -0.1) is 11.3 Å². The van der Waals surface area contributed by atoms with Crippen LogP contribution in [0.5, 0.6) is 5.75 Å². The third-order valence-corrected chi connectivity index (χ3v) is 6.31. The van der Waals surface area contributed by atoms with Gasteiger partial charge in [-0.1, -0.05) is 5.16 Å². The molecule has 0 aliphatic heterocycles. The number of thiazole rings is 1. The second-order valence-corrected chi connectivity index (χ2v) is 8.74. The summed E-state index contributed by atoms with van der Waals surface area (Å²) in [4.78, 5) is 17.3. The Bertz CT molecular complexity index is 1440. The molecule has 0 aliphatic carbocycles. The molecule has 31 heavy (non-hydrogen) atoms. The summed E-state index contributed by atoms with van der Waals surface area (Å²) in [5, 5.41) is 11.4. The van der Waals surface area contributed by atoms with Crippen LogP contribution in [-0.4, -0.2) is 32.2 Å². The molecule has 0 saturated carbocycles. The number of anilines is 2. The number of nitrogens with zero attached hydrogens (tertiary/aromatic N) is 4. The summed E-state index contributed by atoms with van der Waals surface area (Å²) >= 11 is 1.61. The molecule has 0 unspecified atom stereocenters. The van der Waals surface area contributed by atoms with Crippen molar-refractivity contribution in [3.05, 3.63) is 40.1 Å². The van der Waals surface area contributed by atoms with Gasteiger partial charge in [-0.25, -0.2) is 15.0 Å². The molecule has 5 aromatic rings. The van der Waals surface area contributed by atoms with Crippen LogP contribution < -0.4 is 10.1 Å². The molecule has 0 atom stereocenters. The van der Waals surface area contributed by atoms with Gasteiger partial charge in [0.05, 0.1) is 34.5 Å². The summed E-state index contributed by atoms with van der Waals surface area (Å²) in [5.41, 5.74) is 5.33. The Morgan fingerprint density at radius 1 is 1.03 bits per heavy atom. The van der Waals surface area contributed by atoms with Crippen molar-refractivity contribution in [1.82, 2.24) is 25.1 Å². The molecule has 0 aliphatic rings. The van der Waals surface area contributed by atoms with E-state index in [1.54, 1.807) is 18.4 Å². The van der Waals surface area contributed by atoms with Crippen molar-refractivity contribution in [2.75, 3.05) is 12.4 Å². The third-order valence-electron chi connectivity index (χ3n) is 5.32. The van der Waals surface area contributed by atoms with E-state index in [2.05, 4.69) is 31.5 Å². The molecule has 0 saturated heterocycles. The van der Waals surface area contributed by atoms with Crippen molar-refractivity contribution >= 4 is 44.1 Å². The number of benzene rings is 1. The molecule has 0 spiro atoms. The highest BCUT2D eigenvalue weighted by Crippen LogP contribution is 2.41. The van der Waals surface area contributed by atoms with E-state index in [1.165, 1.54) is 0 Å². The van der Waals surface area contributed by atoms with Crippen molar-refractivity contribution in [1.29, 1.82) is 0 Å². The molecule has 158 valence electrons. The second-order valence-electron chi connectivity index (χ2n) is 7.54. The van der Waals surface area contributed by atoms with Crippen molar-refractivity contribution in [2.24, 2.45) is 0 Å². The van der Waals surface area contributed by atoms with Crippen LogP contribution in [0.2, 0.25) is 0 Å². The van der Waals surface area contributed by atoms with E-state index in [0.29, 0.717) is 5.82 Å². The smallest absolute Gasteiger partial charge is 0.144 e. The summed E-state index contributed by atoms with van der Waals surface area (Å²) in [6, 6.07) is 4.08. The van der Waals surface area contributed by atoms with Gasteiger partial charge < -0.3 is 19.6 Å². The number of methoxy groups -OCH3 is 1. The molecule has 8 nitrogen and oxygen atoms in total. The number of hydrogen-bond donors (Lipinski definition) is 2. The standard InChI is InChI=1S/C22H22N6O2S/c1-9-18(11(3)30-28-9)15-7-16-14(8-17(15)29-6)19-20(26-16)24-12(4)25-21(19)27-22-10(2)23-13(5)31-22/h7-8H,1-6H3,(H2,24,25,26,27). The Morgan fingerprint density at radius 3 is 2.48 bits per heavy atom. The quantitative estimate of drug-likeness (QED) is 0.384. The summed E-state index contributed by atoms with van der Waals surface area (Å²) in [6.45, 7) is 9.70. The van der Waals surface area contributed by atoms with E-state index in [0.717, 1.165) is 71.8 Å². The highest BCUT2D eigenvalue weighted by molar-refractivity contribution is 7.15. The molecule has 0 bridgehead atoms. The largest absolute Gasteiger partial charge is 0.496 e. The number of aromatic amines is 1. The first-order chi connectivity index (χ1) is 14.9. The van der Waals surface area contributed by atoms with Crippen LogP contribution in [0.3, 0.4) is 0 Å². The highest BCUT2D eigenvalue weighted by Gasteiger charge is 2.21. The molecule has 4 heterocycles. The molecule has 0 radical (unpaired) electrons. The molecule has 5 rings (SSSR count). The van der Waals surface area contributed by atoms with Gasteiger partial charge in [-0.3, -0.25) is 0 Å². The van der Waals surface area contributed by atoms with Crippen LogP contribution in [-0.2, 0) is 0 Å². The topological polar surface area (TPSA) is 102 Å². The molecular formula is C22H22N6O2S. The first kappa shape index (κ1) is 19.5. The van der Waals surface area contributed by atoms with Gasteiger partial charge in [0.15, 0.2) is 0 Å². The summed E-state index contributed by atoms with van der Waals surface area (Å²) in [6.07, 6.45) is 0. The Morgan fingerprint density at radius 2 is 1.84 bits per heavy atom. The van der Waals surface area contributed by atoms with Gasteiger partial charge >= 0.3 is 0 Å². The first-order valence-electron chi connectivity index (χ1n) is 9.88. The predicted molar refractivity (Wildman–Crippen MR) is 123 cm³/mol. The average Bonchev–Trinajstić information content (AvgIpc) is 3.34. The molecule has 2 N–H and O–H groups in total. The monoisotopic (exact) mass is 434 g/mol. The number of hydrogen-bond acceptors (Lipinski definition) is 8. The van der Waals surface area contributed by atoms with Crippen LogP contribution in [0.4, 0.5) is 10.8 Å². The first-order valence-corrected chi connectivity index (χ1v) is 10.7. The number of aromatic nitrogens is 5. The Labute approximate surface area is 182 Å². The lowest BCUT2D eigenvalue weighted by atomic mass is 10.0. The zero-order valence-electron chi connectivity index (χ0n) is 18.2. The van der Waals surface area contributed by atoms with Crippen molar-refractivity contribution < 1.29 is 9.26 Å². The fraction of sp³-hybridized carbons (Fsp3) is 0.273. The fourth-order valence-corrected chi connectivity index (χ4v) is 4.83. The summed E-state index contributed by atoms with van der Waals surface area (Å²) in [5.74, 6) is 2.91. The SMILES string of the molecule is COc1cc2c(cc1-c1c(C)noc1C)[nH]c1nc(C)nc(Nc3sc(C)nc3C)c12. The molecule has 9 heteroatoms. The molecular weight excluding hydrogens is 412 g/mol. The van der Waals surface area contributed by atoms with Crippen molar-refractivity contribution in [3.63, 3.8) is 0 Å². The Kier molecular flexibility index (Phi) is 4.44. The van der Waals surface area contributed by atoms with Crippen LogP contribution in [0, 0.1) is 34.6 Å². The van der Waals surface area contributed by atoms with E-state index >= 15 is 0 Å². The number of ether oxygens (including phenoxy) is 1. The van der Waals surface area contributed by atoms with Crippen molar-refractivity contribution in [3.8, 4) is 16.9 Å². The lowest BCUT2D eigenvalue weighted by molar-refractivity contribution is 0.393. The number of rotatable bonds is 4. The zero-order valence-corrected chi connectivity index (χ0v) is 19.0. The van der Waals surface area contributed by atoms with Gasteiger partial charge in [0.25, 0.3) is 0 Å². The van der Waals surface area contributed by atoms with Crippen LogP contribution >= 0.6 is 11.3 Å². The fourth-order valence-electron chi connectivity index (χ4n) is 4.01. The highest BCUT2D eigenvalue weighted by atomic mass is 32.1. The second kappa shape index (κ2) is 7.05. The minimum Gasteiger partial charge on any atom is -0.496 e. The van der Waals surface area contributed by atoms with E-state index in [4.69, 9.17) is 14.2 Å². The van der Waals surface area contributed by atoms with E-state index < -0.39 is 0 Å². The summed E-state index contributed by atoms with van der Waals surface area (Å²) < 4.78 is 11.1. The third kappa shape index (κ3) is 3.12. The van der Waals surface area contributed by atoms with Gasteiger partial charge in [0.2, 0.25) is 0 Å². The minimum atomic E-state index is 0.679. The van der Waals surface area contributed by atoms with Gasteiger partial charge in [-0.2, -0.15) is 0 Å². The van der Waals surface area contributed by atoms with E-state index in [-0.39, 0.29) is 0 Å². The molecule has 0 fully saturated rings. The average molecular weight is 435 g/mol. The Balaban J connectivity index is 1.77. The van der Waals surface area contributed by atoms with Crippen LogP contribution in [0.15, 0.2) is 16.7 Å². The van der Waals surface area contributed by atoms with E-state index in [1.807, 2.05) is 40.7 Å². The zero-order chi connectivity index (χ0) is 21.9. The Hall–Kier alpha value is -3.46. The lowest BCUT2D eigenvalue weighted by Crippen LogP contribution is -1.98. The van der Waals surface area contributed by atoms with Crippen LogP contribution in [0.25, 0.3) is 33.1 Å².